The number of rotatable bonds is 8. The van der Waals surface area contributed by atoms with Crippen LogP contribution in [0.25, 0.3) is 0 Å². The average molecular weight is 222 g/mol. The van der Waals surface area contributed by atoms with Crippen LogP contribution < -0.4 is 0 Å². The third-order valence-electron chi connectivity index (χ3n) is 4.31. The molecular weight excluding hydrogens is 192 g/mol. The van der Waals surface area contributed by atoms with Crippen molar-refractivity contribution in [1.82, 2.24) is 0 Å². The summed E-state index contributed by atoms with van der Waals surface area (Å²) < 4.78 is 0. The van der Waals surface area contributed by atoms with Crippen molar-refractivity contribution in [2.75, 3.05) is 0 Å². The lowest BCUT2D eigenvalue weighted by Gasteiger charge is -2.08. The molecular formula is C16H30. The molecule has 1 aliphatic rings. The van der Waals surface area contributed by atoms with Gasteiger partial charge >= 0.3 is 0 Å². The Kier molecular flexibility index (Phi) is 6.84. The molecule has 0 spiro atoms. The molecule has 0 heterocycles. The lowest BCUT2D eigenvalue weighted by Crippen LogP contribution is -1.97. The lowest BCUT2D eigenvalue weighted by atomic mass is 9.97. The third kappa shape index (κ3) is 4.72. The van der Waals surface area contributed by atoms with Crippen molar-refractivity contribution in [3.8, 4) is 0 Å². The second-order valence-electron chi connectivity index (χ2n) is 5.77. The smallest absolute Gasteiger partial charge is 0.0208 e. The minimum atomic E-state index is 0.810. The Hall–Kier alpha value is -0.260. The van der Waals surface area contributed by atoms with Crippen LogP contribution in [0, 0.1) is 17.8 Å². The molecule has 0 N–H and O–H groups in total. The SMILES string of the molecule is C=CC1CC(CCCCCCCC)CC1C. The maximum Gasteiger partial charge on any atom is -0.0208 e. The van der Waals surface area contributed by atoms with Crippen LogP contribution in [0.2, 0.25) is 0 Å². The summed E-state index contributed by atoms with van der Waals surface area (Å²) in [5, 5.41) is 0. The van der Waals surface area contributed by atoms with Gasteiger partial charge in [0.15, 0.2) is 0 Å². The molecule has 0 saturated heterocycles. The standard InChI is InChI=1S/C16H30/c1-4-6-7-8-9-10-11-15-12-14(3)16(5-2)13-15/h5,14-16H,2,4,6-13H2,1,3H3. The highest BCUT2D eigenvalue weighted by molar-refractivity contribution is 4.90. The molecule has 0 heteroatoms. The van der Waals surface area contributed by atoms with E-state index < -0.39 is 0 Å². The summed E-state index contributed by atoms with van der Waals surface area (Å²) in [6.07, 6.45) is 15.2. The molecule has 1 rings (SSSR count). The summed E-state index contributed by atoms with van der Waals surface area (Å²) in [5.41, 5.74) is 0. The number of unbranched alkanes of at least 4 members (excludes halogenated alkanes) is 5. The summed E-state index contributed by atoms with van der Waals surface area (Å²) in [5.74, 6) is 2.71. The van der Waals surface area contributed by atoms with Crippen molar-refractivity contribution in [3.63, 3.8) is 0 Å². The van der Waals surface area contributed by atoms with Gasteiger partial charge in [-0.15, -0.1) is 6.58 Å². The van der Waals surface area contributed by atoms with Crippen molar-refractivity contribution in [3.05, 3.63) is 12.7 Å². The summed E-state index contributed by atoms with van der Waals surface area (Å²) in [6, 6.07) is 0. The van der Waals surface area contributed by atoms with Crippen molar-refractivity contribution < 1.29 is 0 Å². The van der Waals surface area contributed by atoms with Gasteiger partial charge in [-0.3, -0.25) is 0 Å². The van der Waals surface area contributed by atoms with Gasteiger partial charge in [0.2, 0.25) is 0 Å². The van der Waals surface area contributed by atoms with E-state index >= 15 is 0 Å². The third-order valence-corrected chi connectivity index (χ3v) is 4.31. The van der Waals surface area contributed by atoms with Crippen LogP contribution in [-0.2, 0) is 0 Å². The van der Waals surface area contributed by atoms with E-state index in [0.29, 0.717) is 0 Å². The molecule has 1 fully saturated rings. The first-order chi connectivity index (χ1) is 7.77. The lowest BCUT2D eigenvalue weighted by molar-refractivity contribution is 0.447. The topological polar surface area (TPSA) is 0 Å². The average Bonchev–Trinajstić information content (AvgIpc) is 2.64. The predicted molar refractivity (Wildman–Crippen MR) is 73.6 cm³/mol. The summed E-state index contributed by atoms with van der Waals surface area (Å²) >= 11 is 0. The first-order valence-corrected chi connectivity index (χ1v) is 7.40. The minimum absolute atomic E-state index is 0.810. The molecule has 0 aliphatic heterocycles. The Labute approximate surface area is 103 Å². The highest BCUT2D eigenvalue weighted by Crippen LogP contribution is 2.39. The maximum absolute atomic E-state index is 3.96. The van der Waals surface area contributed by atoms with Gasteiger partial charge in [0.25, 0.3) is 0 Å². The van der Waals surface area contributed by atoms with Crippen molar-refractivity contribution in [2.24, 2.45) is 17.8 Å². The number of allylic oxidation sites excluding steroid dienone is 1. The van der Waals surface area contributed by atoms with Gasteiger partial charge in [-0.25, -0.2) is 0 Å². The molecule has 1 aliphatic carbocycles. The minimum Gasteiger partial charge on any atom is -0.103 e. The highest BCUT2D eigenvalue weighted by atomic mass is 14.3. The van der Waals surface area contributed by atoms with E-state index in [1.165, 1.54) is 57.8 Å². The molecule has 0 radical (unpaired) electrons. The Morgan fingerprint density at radius 1 is 1.06 bits per heavy atom. The molecule has 0 aromatic carbocycles. The zero-order valence-electron chi connectivity index (χ0n) is 11.4. The summed E-state index contributed by atoms with van der Waals surface area (Å²) in [6.45, 7) is 8.64. The quantitative estimate of drug-likeness (QED) is 0.371. The van der Waals surface area contributed by atoms with E-state index in [1.807, 2.05) is 0 Å². The summed E-state index contributed by atoms with van der Waals surface area (Å²) in [4.78, 5) is 0. The van der Waals surface area contributed by atoms with E-state index in [1.54, 1.807) is 0 Å². The molecule has 16 heavy (non-hydrogen) atoms. The highest BCUT2D eigenvalue weighted by Gasteiger charge is 2.28. The van der Waals surface area contributed by atoms with Gasteiger partial charge in [-0.1, -0.05) is 64.9 Å². The van der Waals surface area contributed by atoms with Crippen LogP contribution >= 0.6 is 0 Å². The Morgan fingerprint density at radius 3 is 2.38 bits per heavy atom. The van der Waals surface area contributed by atoms with E-state index in [4.69, 9.17) is 0 Å². The Morgan fingerprint density at radius 2 is 1.75 bits per heavy atom. The van der Waals surface area contributed by atoms with Gasteiger partial charge in [-0.05, 0) is 30.6 Å². The molecule has 0 amide bonds. The van der Waals surface area contributed by atoms with Crippen LogP contribution in [-0.4, -0.2) is 0 Å². The van der Waals surface area contributed by atoms with Gasteiger partial charge in [0, 0.05) is 0 Å². The van der Waals surface area contributed by atoms with Crippen LogP contribution in [0.15, 0.2) is 12.7 Å². The van der Waals surface area contributed by atoms with Crippen molar-refractivity contribution >= 4 is 0 Å². The van der Waals surface area contributed by atoms with Gasteiger partial charge in [-0.2, -0.15) is 0 Å². The van der Waals surface area contributed by atoms with Gasteiger partial charge in [0.1, 0.15) is 0 Å². The van der Waals surface area contributed by atoms with E-state index in [-0.39, 0.29) is 0 Å². The Bertz CT molecular complexity index is 182. The summed E-state index contributed by atoms with van der Waals surface area (Å²) in [7, 11) is 0. The molecule has 1 saturated carbocycles. The molecule has 3 unspecified atom stereocenters. The van der Waals surface area contributed by atoms with Crippen LogP contribution in [0.1, 0.15) is 71.6 Å². The molecule has 0 aromatic heterocycles. The van der Waals surface area contributed by atoms with Crippen molar-refractivity contribution in [1.29, 1.82) is 0 Å². The number of hydrogen-bond donors (Lipinski definition) is 0. The normalized spacial score (nSPS) is 29.5. The molecule has 3 atom stereocenters. The fraction of sp³-hybridized carbons (Fsp3) is 0.875. The zero-order chi connectivity index (χ0) is 11.8. The predicted octanol–water partition coefficient (Wildman–Crippen LogP) is 5.59. The monoisotopic (exact) mass is 222 g/mol. The van der Waals surface area contributed by atoms with Crippen LogP contribution in [0.3, 0.4) is 0 Å². The fourth-order valence-electron chi connectivity index (χ4n) is 3.19. The van der Waals surface area contributed by atoms with Crippen LogP contribution in [0.5, 0.6) is 0 Å². The van der Waals surface area contributed by atoms with E-state index in [9.17, 15) is 0 Å². The second-order valence-corrected chi connectivity index (χ2v) is 5.77. The molecule has 0 aromatic rings. The molecule has 0 bridgehead atoms. The maximum atomic E-state index is 3.96. The molecule has 94 valence electrons. The first kappa shape index (κ1) is 13.8. The zero-order valence-corrected chi connectivity index (χ0v) is 11.4. The van der Waals surface area contributed by atoms with Gasteiger partial charge < -0.3 is 0 Å². The Balaban J connectivity index is 2.00. The fourth-order valence-corrected chi connectivity index (χ4v) is 3.19. The number of hydrogen-bond acceptors (Lipinski definition) is 0. The second kappa shape index (κ2) is 7.92. The van der Waals surface area contributed by atoms with Crippen molar-refractivity contribution in [2.45, 2.75) is 71.6 Å². The first-order valence-electron chi connectivity index (χ1n) is 7.40. The largest absolute Gasteiger partial charge is 0.103 e. The van der Waals surface area contributed by atoms with Gasteiger partial charge in [0.05, 0.1) is 0 Å². The van der Waals surface area contributed by atoms with Crippen LogP contribution in [0.4, 0.5) is 0 Å². The molecule has 0 nitrogen and oxygen atoms in total. The van der Waals surface area contributed by atoms with E-state index in [0.717, 1.165) is 17.8 Å². The van der Waals surface area contributed by atoms with E-state index in [2.05, 4.69) is 26.5 Å².